The molecule has 0 spiro atoms. The lowest BCUT2D eigenvalue weighted by Crippen LogP contribution is -2.22. The summed E-state index contributed by atoms with van der Waals surface area (Å²) >= 11 is 0. The third-order valence-electron chi connectivity index (χ3n) is 3.13. The first-order chi connectivity index (χ1) is 9.72. The second-order valence-corrected chi connectivity index (χ2v) is 4.50. The van der Waals surface area contributed by atoms with E-state index >= 15 is 0 Å². The molecule has 20 heavy (non-hydrogen) atoms. The van der Waals surface area contributed by atoms with Crippen LogP contribution in [0.1, 0.15) is 29.8 Å². The van der Waals surface area contributed by atoms with Crippen LogP contribution in [0.15, 0.2) is 53.8 Å². The average Bonchev–Trinajstić information content (AvgIpc) is 2.53. The van der Waals surface area contributed by atoms with E-state index in [-0.39, 0.29) is 11.9 Å². The molecule has 5 heteroatoms. The van der Waals surface area contributed by atoms with Gasteiger partial charge in [0.15, 0.2) is 5.84 Å². The number of hydrogen-bond donors (Lipinski definition) is 3. The van der Waals surface area contributed by atoms with Gasteiger partial charge >= 0.3 is 0 Å². The minimum atomic E-state index is 0.118. The Bertz CT molecular complexity index is 583. The predicted octanol–water partition coefficient (Wildman–Crippen LogP) is 2.03. The lowest BCUT2D eigenvalue weighted by atomic mass is 10.1. The molecule has 1 heterocycles. The number of nitrogens with one attached hydrogen (secondary N) is 1. The zero-order chi connectivity index (χ0) is 14.4. The van der Waals surface area contributed by atoms with Crippen LogP contribution in [-0.4, -0.2) is 16.0 Å². The van der Waals surface area contributed by atoms with Crippen LogP contribution < -0.4 is 11.1 Å². The molecular formula is C15H18N4O. The molecule has 0 amide bonds. The van der Waals surface area contributed by atoms with Crippen LogP contribution in [0.2, 0.25) is 0 Å². The summed E-state index contributed by atoms with van der Waals surface area (Å²) in [6.45, 7) is 2.67. The van der Waals surface area contributed by atoms with E-state index in [0.717, 1.165) is 16.8 Å². The molecule has 0 aliphatic carbocycles. The number of hydrogen-bond acceptors (Lipinski definition) is 4. The van der Waals surface area contributed by atoms with Crippen molar-refractivity contribution in [1.82, 2.24) is 10.3 Å². The fourth-order valence-corrected chi connectivity index (χ4v) is 1.98. The molecule has 0 saturated heterocycles. The lowest BCUT2D eigenvalue weighted by molar-refractivity contribution is 0.318. The number of nitrogens with zero attached hydrogens (tertiary/aromatic N) is 2. The Balaban J connectivity index is 2.08. The molecule has 0 aliphatic rings. The Kier molecular flexibility index (Phi) is 4.68. The van der Waals surface area contributed by atoms with Gasteiger partial charge < -0.3 is 16.3 Å². The molecule has 0 saturated carbocycles. The molecule has 0 bridgehead atoms. The number of nitrogens with two attached hydrogens (primary N) is 1. The van der Waals surface area contributed by atoms with E-state index in [9.17, 15) is 0 Å². The van der Waals surface area contributed by atoms with Crippen molar-refractivity contribution in [1.29, 1.82) is 0 Å². The molecule has 5 nitrogen and oxygen atoms in total. The van der Waals surface area contributed by atoms with Crippen molar-refractivity contribution in [2.24, 2.45) is 10.9 Å². The van der Waals surface area contributed by atoms with E-state index in [0.29, 0.717) is 6.54 Å². The fourth-order valence-electron chi connectivity index (χ4n) is 1.98. The number of aromatic nitrogens is 1. The topological polar surface area (TPSA) is 83.5 Å². The van der Waals surface area contributed by atoms with Gasteiger partial charge in [-0.05, 0) is 24.6 Å². The van der Waals surface area contributed by atoms with Crippen molar-refractivity contribution in [2.75, 3.05) is 0 Å². The maximum absolute atomic E-state index is 8.80. The summed E-state index contributed by atoms with van der Waals surface area (Å²) in [7, 11) is 0. The quantitative estimate of drug-likeness (QED) is 0.336. The van der Waals surface area contributed by atoms with Gasteiger partial charge in [-0.2, -0.15) is 0 Å². The zero-order valence-electron chi connectivity index (χ0n) is 11.3. The number of pyridine rings is 1. The molecule has 1 atom stereocenters. The molecule has 1 unspecified atom stereocenters. The van der Waals surface area contributed by atoms with Crippen LogP contribution >= 0.6 is 0 Å². The van der Waals surface area contributed by atoms with Gasteiger partial charge in [-0.25, -0.2) is 0 Å². The molecule has 1 aromatic heterocycles. The van der Waals surface area contributed by atoms with Gasteiger partial charge in [0.25, 0.3) is 0 Å². The van der Waals surface area contributed by atoms with Crippen molar-refractivity contribution in [3.8, 4) is 0 Å². The second-order valence-electron chi connectivity index (χ2n) is 4.50. The van der Waals surface area contributed by atoms with Crippen LogP contribution in [0.5, 0.6) is 0 Å². The Morgan fingerprint density at radius 1 is 1.30 bits per heavy atom. The first-order valence-corrected chi connectivity index (χ1v) is 6.42. The summed E-state index contributed by atoms with van der Waals surface area (Å²) in [6, 6.07) is 13.5. The number of rotatable bonds is 5. The average molecular weight is 270 g/mol. The minimum Gasteiger partial charge on any atom is -0.409 e. The first-order valence-electron chi connectivity index (χ1n) is 6.42. The highest BCUT2D eigenvalue weighted by Crippen LogP contribution is 2.12. The standard InChI is InChI=1S/C15H18N4O/c1-11(14-8-4-5-9-17-14)18-10-12-6-2-3-7-13(12)15(16)19-20/h2-9,11,18,20H,10H2,1H3,(H2,16,19). The molecule has 2 aromatic rings. The molecule has 1 aromatic carbocycles. The Morgan fingerprint density at radius 3 is 2.75 bits per heavy atom. The van der Waals surface area contributed by atoms with E-state index < -0.39 is 0 Å². The SMILES string of the molecule is CC(NCc1ccccc1C(N)=NO)c1ccccn1. The van der Waals surface area contributed by atoms with E-state index in [2.05, 4.69) is 22.4 Å². The number of benzene rings is 1. The number of oxime groups is 1. The van der Waals surface area contributed by atoms with Gasteiger partial charge in [-0.3, -0.25) is 4.98 Å². The molecule has 0 fully saturated rings. The third-order valence-corrected chi connectivity index (χ3v) is 3.13. The van der Waals surface area contributed by atoms with Crippen molar-refractivity contribution in [3.05, 3.63) is 65.5 Å². The van der Waals surface area contributed by atoms with E-state index in [1.165, 1.54) is 0 Å². The Morgan fingerprint density at radius 2 is 2.05 bits per heavy atom. The van der Waals surface area contributed by atoms with E-state index in [1.54, 1.807) is 6.20 Å². The summed E-state index contributed by atoms with van der Waals surface area (Å²) < 4.78 is 0. The summed E-state index contributed by atoms with van der Waals surface area (Å²) in [5, 5.41) is 15.2. The van der Waals surface area contributed by atoms with Crippen molar-refractivity contribution in [2.45, 2.75) is 19.5 Å². The molecule has 0 aliphatic heterocycles. The van der Waals surface area contributed by atoms with Gasteiger partial charge in [0, 0.05) is 24.3 Å². The van der Waals surface area contributed by atoms with Crippen molar-refractivity contribution >= 4 is 5.84 Å². The minimum absolute atomic E-state index is 0.118. The monoisotopic (exact) mass is 270 g/mol. The summed E-state index contributed by atoms with van der Waals surface area (Å²) in [6.07, 6.45) is 1.78. The van der Waals surface area contributed by atoms with Crippen LogP contribution in [0.3, 0.4) is 0 Å². The Labute approximate surface area is 118 Å². The number of amidine groups is 1. The smallest absolute Gasteiger partial charge is 0.170 e. The highest BCUT2D eigenvalue weighted by atomic mass is 16.4. The van der Waals surface area contributed by atoms with Crippen LogP contribution in [0.25, 0.3) is 0 Å². The first kappa shape index (κ1) is 14.0. The largest absolute Gasteiger partial charge is 0.409 e. The highest BCUT2D eigenvalue weighted by molar-refractivity contribution is 5.98. The van der Waals surface area contributed by atoms with Crippen molar-refractivity contribution in [3.63, 3.8) is 0 Å². The van der Waals surface area contributed by atoms with Gasteiger partial charge in [0.05, 0.1) is 5.69 Å². The van der Waals surface area contributed by atoms with Crippen LogP contribution in [0, 0.1) is 0 Å². The normalized spacial score (nSPS) is 13.2. The molecule has 0 radical (unpaired) electrons. The van der Waals surface area contributed by atoms with Gasteiger partial charge in [0.1, 0.15) is 0 Å². The van der Waals surface area contributed by atoms with Crippen LogP contribution in [-0.2, 0) is 6.54 Å². The van der Waals surface area contributed by atoms with Gasteiger partial charge in [0.2, 0.25) is 0 Å². The van der Waals surface area contributed by atoms with Gasteiger partial charge in [-0.1, -0.05) is 35.5 Å². The van der Waals surface area contributed by atoms with Crippen LogP contribution in [0.4, 0.5) is 0 Å². The summed E-state index contributed by atoms with van der Waals surface area (Å²) in [5.41, 5.74) is 8.36. The van der Waals surface area contributed by atoms with Crippen molar-refractivity contribution < 1.29 is 5.21 Å². The lowest BCUT2D eigenvalue weighted by Gasteiger charge is -2.15. The maximum Gasteiger partial charge on any atom is 0.170 e. The second kappa shape index (κ2) is 6.68. The van der Waals surface area contributed by atoms with E-state index in [4.69, 9.17) is 10.9 Å². The maximum atomic E-state index is 8.80. The van der Waals surface area contributed by atoms with Gasteiger partial charge in [-0.15, -0.1) is 0 Å². The molecule has 104 valence electrons. The Hall–Kier alpha value is -2.40. The zero-order valence-corrected chi connectivity index (χ0v) is 11.3. The predicted molar refractivity (Wildman–Crippen MR) is 78.4 cm³/mol. The third kappa shape index (κ3) is 3.33. The molecule has 2 rings (SSSR count). The summed E-state index contributed by atoms with van der Waals surface area (Å²) in [4.78, 5) is 4.31. The highest BCUT2D eigenvalue weighted by Gasteiger charge is 2.09. The van der Waals surface area contributed by atoms with E-state index in [1.807, 2.05) is 42.5 Å². The summed E-state index contributed by atoms with van der Waals surface area (Å²) in [5.74, 6) is 0.118. The fraction of sp³-hybridized carbons (Fsp3) is 0.200. The molecule has 4 N–H and O–H groups in total. The molecular weight excluding hydrogens is 252 g/mol.